The number of carbonyl (C=O) groups is 1. The normalized spacial score (nSPS) is 10.2. The molecule has 0 saturated carbocycles. The molecule has 0 unspecified atom stereocenters. The predicted octanol–water partition coefficient (Wildman–Crippen LogP) is 1.88. The standard InChI is InChI=1S/C11H17N3OS2/c1-6(2)12-11(16)14-13-10(15)9-5-17-8(4)7(9)3/h5-6H,1-4H3,(H,13,15)(H2,12,14,16). The number of hydrazine groups is 1. The monoisotopic (exact) mass is 271 g/mol. The molecule has 17 heavy (non-hydrogen) atoms. The van der Waals surface area contributed by atoms with Gasteiger partial charge in [-0.05, 0) is 45.5 Å². The summed E-state index contributed by atoms with van der Waals surface area (Å²) in [6.45, 7) is 7.88. The van der Waals surface area contributed by atoms with Crippen LogP contribution in [0.3, 0.4) is 0 Å². The van der Waals surface area contributed by atoms with Crippen LogP contribution in [-0.2, 0) is 0 Å². The van der Waals surface area contributed by atoms with E-state index in [0.717, 1.165) is 10.4 Å². The van der Waals surface area contributed by atoms with Crippen molar-refractivity contribution < 1.29 is 4.79 Å². The molecule has 0 aliphatic heterocycles. The van der Waals surface area contributed by atoms with Gasteiger partial charge in [-0.15, -0.1) is 11.3 Å². The van der Waals surface area contributed by atoms with E-state index in [-0.39, 0.29) is 11.9 Å². The van der Waals surface area contributed by atoms with E-state index in [1.54, 1.807) is 11.3 Å². The van der Waals surface area contributed by atoms with Gasteiger partial charge < -0.3 is 5.32 Å². The highest BCUT2D eigenvalue weighted by molar-refractivity contribution is 7.80. The van der Waals surface area contributed by atoms with Gasteiger partial charge >= 0.3 is 0 Å². The van der Waals surface area contributed by atoms with Gasteiger partial charge in [0.15, 0.2) is 5.11 Å². The Morgan fingerprint density at radius 3 is 2.47 bits per heavy atom. The van der Waals surface area contributed by atoms with Crippen molar-refractivity contribution in [2.45, 2.75) is 33.7 Å². The van der Waals surface area contributed by atoms with Gasteiger partial charge in [-0.2, -0.15) is 0 Å². The molecule has 0 aliphatic carbocycles. The second-order valence-electron chi connectivity index (χ2n) is 4.04. The molecule has 94 valence electrons. The number of nitrogens with one attached hydrogen (secondary N) is 3. The van der Waals surface area contributed by atoms with Crippen LogP contribution < -0.4 is 16.2 Å². The van der Waals surface area contributed by atoms with Crippen LogP contribution in [0.4, 0.5) is 0 Å². The molecule has 0 radical (unpaired) electrons. The molecule has 0 aliphatic rings. The zero-order chi connectivity index (χ0) is 13.0. The summed E-state index contributed by atoms with van der Waals surface area (Å²) in [6.07, 6.45) is 0. The first-order chi connectivity index (χ1) is 7.91. The number of hydrogen-bond donors (Lipinski definition) is 3. The maximum Gasteiger partial charge on any atom is 0.270 e. The van der Waals surface area contributed by atoms with Gasteiger partial charge in [0, 0.05) is 16.3 Å². The third kappa shape index (κ3) is 3.98. The summed E-state index contributed by atoms with van der Waals surface area (Å²) in [5.41, 5.74) is 6.94. The van der Waals surface area contributed by atoms with Crippen LogP contribution in [0.1, 0.15) is 34.6 Å². The summed E-state index contributed by atoms with van der Waals surface area (Å²) in [7, 11) is 0. The fourth-order valence-electron chi connectivity index (χ4n) is 1.22. The third-order valence-electron chi connectivity index (χ3n) is 2.24. The van der Waals surface area contributed by atoms with Crippen LogP contribution in [0.25, 0.3) is 0 Å². The Morgan fingerprint density at radius 1 is 1.35 bits per heavy atom. The largest absolute Gasteiger partial charge is 0.359 e. The summed E-state index contributed by atoms with van der Waals surface area (Å²) in [5, 5.41) is 5.24. The van der Waals surface area contributed by atoms with Crippen molar-refractivity contribution in [3.63, 3.8) is 0 Å². The molecule has 0 fully saturated rings. The van der Waals surface area contributed by atoms with Crippen molar-refractivity contribution in [1.82, 2.24) is 16.2 Å². The van der Waals surface area contributed by atoms with Gasteiger partial charge in [0.25, 0.3) is 5.91 Å². The molecule has 4 nitrogen and oxygen atoms in total. The Labute approximate surface area is 111 Å². The highest BCUT2D eigenvalue weighted by Gasteiger charge is 2.12. The lowest BCUT2D eigenvalue weighted by Crippen LogP contribution is -2.48. The lowest BCUT2D eigenvalue weighted by Gasteiger charge is -2.13. The first-order valence-corrected chi connectivity index (χ1v) is 6.62. The molecule has 1 aromatic heterocycles. The van der Waals surface area contributed by atoms with Crippen LogP contribution in [-0.4, -0.2) is 17.1 Å². The first-order valence-electron chi connectivity index (χ1n) is 5.33. The SMILES string of the molecule is Cc1scc(C(=O)NNC(=S)NC(C)C)c1C. The quantitative estimate of drug-likeness (QED) is 0.568. The maximum absolute atomic E-state index is 11.8. The molecule has 0 aromatic carbocycles. The molecular weight excluding hydrogens is 254 g/mol. The van der Waals surface area contributed by atoms with Crippen molar-refractivity contribution in [1.29, 1.82) is 0 Å². The Kier molecular flexibility index (Phi) is 4.89. The van der Waals surface area contributed by atoms with Crippen molar-refractivity contribution in [3.05, 3.63) is 21.4 Å². The van der Waals surface area contributed by atoms with Gasteiger partial charge in [-0.25, -0.2) is 0 Å². The molecule has 3 N–H and O–H groups in total. The lowest BCUT2D eigenvalue weighted by atomic mass is 10.2. The van der Waals surface area contributed by atoms with E-state index in [1.807, 2.05) is 33.1 Å². The van der Waals surface area contributed by atoms with E-state index >= 15 is 0 Å². The van der Waals surface area contributed by atoms with Crippen molar-refractivity contribution in [2.75, 3.05) is 0 Å². The summed E-state index contributed by atoms with van der Waals surface area (Å²) < 4.78 is 0. The summed E-state index contributed by atoms with van der Waals surface area (Å²) in [4.78, 5) is 13.0. The highest BCUT2D eigenvalue weighted by Crippen LogP contribution is 2.19. The maximum atomic E-state index is 11.8. The fraction of sp³-hybridized carbons (Fsp3) is 0.455. The minimum Gasteiger partial charge on any atom is -0.359 e. The average Bonchev–Trinajstić information content (AvgIpc) is 2.55. The Bertz CT molecular complexity index is 426. The minimum absolute atomic E-state index is 0.167. The summed E-state index contributed by atoms with van der Waals surface area (Å²) in [6, 6.07) is 0.233. The Morgan fingerprint density at radius 2 is 2.00 bits per heavy atom. The van der Waals surface area contributed by atoms with E-state index in [2.05, 4.69) is 16.2 Å². The highest BCUT2D eigenvalue weighted by atomic mass is 32.1. The number of rotatable bonds is 2. The average molecular weight is 271 g/mol. The Hall–Kier alpha value is -1.14. The molecule has 0 spiro atoms. The molecule has 1 aromatic rings. The smallest absolute Gasteiger partial charge is 0.270 e. The number of aryl methyl sites for hydroxylation is 1. The third-order valence-corrected chi connectivity index (χ3v) is 3.47. The van der Waals surface area contributed by atoms with Gasteiger partial charge in [0.05, 0.1) is 5.56 Å². The fourth-order valence-corrected chi connectivity index (χ4v) is 2.37. The van der Waals surface area contributed by atoms with Crippen molar-refractivity contribution >= 4 is 34.6 Å². The molecule has 0 bridgehead atoms. The molecule has 6 heteroatoms. The number of thiocarbonyl (C=S) groups is 1. The topological polar surface area (TPSA) is 53.2 Å². The van der Waals surface area contributed by atoms with Crippen LogP contribution in [0.2, 0.25) is 0 Å². The Balaban J connectivity index is 2.51. The zero-order valence-corrected chi connectivity index (χ0v) is 12.0. The molecule has 1 amide bonds. The van der Waals surface area contributed by atoms with E-state index in [1.165, 1.54) is 0 Å². The minimum atomic E-state index is -0.167. The van der Waals surface area contributed by atoms with Gasteiger partial charge in [0.1, 0.15) is 0 Å². The van der Waals surface area contributed by atoms with Crippen molar-refractivity contribution in [3.8, 4) is 0 Å². The predicted molar refractivity (Wildman–Crippen MR) is 75.3 cm³/mol. The van der Waals surface area contributed by atoms with Crippen LogP contribution in [0, 0.1) is 13.8 Å². The van der Waals surface area contributed by atoms with Gasteiger partial charge in [-0.1, -0.05) is 0 Å². The number of hydrogen-bond acceptors (Lipinski definition) is 3. The van der Waals surface area contributed by atoms with E-state index < -0.39 is 0 Å². The van der Waals surface area contributed by atoms with Crippen LogP contribution >= 0.6 is 23.6 Å². The number of carbonyl (C=O) groups excluding carboxylic acids is 1. The second kappa shape index (κ2) is 5.97. The van der Waals surface area contributed by atoms with Crippen LogP contribution in [0.15, 0.2) is 5.38 Å². The van der Waals surface area contributed by atoms with Gasteiger partial charge in [0.2, 0.25) is 0 Å². The zero-order valence-electron chi connectivity index (χ0n) is 10.4. The van der Waals surface area contributed by atoms with Crippen LogP contribution in [0.5, 0.6) is 0 Å². The first kappa shape index (κ1) is 13.9. The lowest BCUT2D eigenvalue weighted by molar-refractivity contribution is 0.0943. The van der Waals surface area contributed by atoms with E-state index in [4.69, 9.17) is 12.2 Å². The molecular formula is C11H17N3OS2. The number of amides is 1. The molecule has 0 atom stereocenters. The summed E-state index contributed by atoms with van der Waals surface area (Å²) in [5.74, 6) is -0.167. The van der Waals surface area contributed by atoms with E-state index in [9.17, 15) is 4.79 Å². The molecule has 0 saturated heterocycles. The molecule has 1 rings (SSSR count). The van der Waals surface area contributed by atoms with Crippen molar-refractivity contribution in [2.24, 2.45) is 0 Å². The summed E-state index contributed by atoms with van der Waals surface area (Å²) >= 11 is 6.57. The number of thiophene rings is 1. The van der Waals surface area contributed by atoms with E-state index in [0.29, 0.717) is 10.7 Å². The molecule has 1 heterocycles. The second-order valence-corrected chi connectivity index (χ2v) is 5.53. The van der Waals surface area contributed by atoms with Gasteiger partial charge in [-0.3, -0.25) is 15.6 Å².